The van der Waals surface area contributed by atoms with E-state index in [2.05, 4.69) is 21.2 Å². The quantitative estimate of drug-likeness (QED) is 0.573. The van der Waals surface area contributed by atoms with Crippen LogP contribution in [0.25, 0.3) is 5.70 Å². The van der Waals surface area contributed by atoms with Gasteiger partial charge in [-0.05, 0) is 47.5 Å². The number of carbonyl (C=O) groups is 2. The lowest BCUT2D eigenvalue weighted by Gasteiger charge is -2.29. The number of methoxy groups -OCH3 is 1. The van der Waals surface area contributed by atoms with Crippen LogP contribution < -0.4 is 14.8 Å². The van der Waals surface area contributed by atoms with Gasteiger partial charge < -0.3 is 19.5 Å². The summed E-state index contributed by atoms with van der Waals surface area (Å²) >= 11 is 3.51. The van der Waals surface area contributed by atoms with Crippen molar-refractivity contribution in [2.45, 2.75) is 19.8 Å². The van der Waals surface area contributed by atoms with Gasteiger partial charge in [0.05, 0.1) is 29.5 Å². The number of carbonyl (C=O) groups excluding carboxylic acids is 2. The van der Waals surface area contributed by atoms with E-state index in [1.165, 1.54) is 7.11 Å². The molecule has 168 valence electrons. The summed E-state index contributed by atoms with van der Waals surface area (Å²) in [5.74, 6) is -0.575. The fourth-order valence-electron chi connectivity index (χ4n) is 4.30. The second-order valence-electron chi connectivity index (χ2n) is 7.46. The minimum Gasteiger partial charge on any atom is -0.490 e. The Morgan fingerprint density at radius 3 is 2.61 bits per heavy atom. The first-order valence-electron chi connectivity index (χ1n) is 10.3. The van der Waals surface area contributed by atoms with E-state index in [1.807, 2.05) is 31.2 Å². The summed E-state index contributed by atoms with van der Waals surface area (Å²) in [6.07, 6.45) is 0. The normalized spacial score (nSPS) is 16.6. The maximum atomic E-state index is 13.5. The largest absolute Gasteiger partial charge is 0.490 e. The Morgan fingerprint density at radius 1 is 1.21 bits per heavy atom. The average molecular weight is 509 g/mol. The molecule has 0 spiro atoms. The van der Waals surface area contributed by atoms with E-state index in [9.17, 15) is 9.59 Å². The molecule has 1 aliphatic carbocycles. The highest BCUT2D eigenvalue weighted by Gasteiger charge is 2.43. The molecule has 7 nitrogen and oxygen atoms in total. The summed E-state index contributed by atoms with van der Waals surface area (Å²) in [4.78, 5) is 26.4. The summed E-state index contributed by atoms with van der Waals surface area (Å²) in [6, 6.07) is 12.8. The zero-order chi connectivity index (χ0) is 23.7. The van der Waals surface area contributed by atoms with E-state index < -0.39 is 11.9 Å². The molecule has 0 fully saturated rings. The molecule has 8 heteroatoms. The smallest absolute Gasteiger partial charge is 0.336 e. The Bertz CT molecular complexity index is 1270. The minimum absolute atomic E-state index is 0.147. The standard InChI is InChI=1S/C25H21BrN2O5/c1-4-32-18-12-14(11-17(26)24(18)33-10-9-27)20-19(25(30)31-3)13(2)28-22-15-7-5-6-8-16(15)23(29)21(20)22/h5-8,11-12,20,28H,4,10H2,1-3H3/t20-/m1/s1. The average Bonchev–Trinajstić information content (AvgIpc) is 3.09. The number of dihydropyridines is 1. The number of hydrogen-bond acceptors (Lipinski definition) is 7. The van der Waals surface area contributed by atoms with Gasteiger partial charge in [-0.3, -0.25) is 4.79 Å². The van der Waals surface area contributed by atoms with Crippen LogP contribution in [0.4, 0.5) is 0 Å². The van der Waals surface area contributed by atoms with Crippen molar-refractivity contribution >= 4 is 33.4 Å². The molecule has 0 bridgehead atoms. The van der Waals surface area contributed by atoms with Gasteiger partial charge in [0.25, 0.3) is 0 Å². The number of halogens is 1. The highest BCUT2D eigenvalue weighted by atomic mass is 79.9. The predicted octanol–water partition coefficient (Wildman–Crippen LogP) is 4.49. The van der Waals surface area contributed by atoms with Crippen LogP contribution in [0.1, 0.15) is 41.3 Å². The third kappa shape index (κ3) is 3.79. The van der Waals surface area contributed by atoms with Crippen LogP contribution >= 0.6 is 15.9 Å². The third-order valence-electron chi connectivity index (χ3n) is 5.60. The number of Topliss-reactive ketones (excluding diaryl/α,β-unsaturated/α-hetero) is 1. The Hall–Kier alpha value is -3.57. The Labute approximate surface area is 199 Å². The van der Waals surface area contributed by atoms with Crippen molar-refractivity contribution < 1.29 is 23.8 Å². The van der Waals surface area contributed by atoms with Gasteiger partial charge in [0.2, 0.25) is 0 Å². The van der Waals surface area contributed by atoms with Crippen molar-refractivity contribution in [3.63, 3.8) is 0 Å². The van der Waals surface area contributed by atoms with Gasteiger partial charge in [-0.15, -0.1) is 0 Å². The van der Waals surface area contributed by atoms with E-state index in [1.54, 1.807) is 25.1 Å². The van der Waals surface area contributed by atoms with Gasteiger partial charge >= 0.3 is 5.97 Å². The summed E-state index contributed by atoms with van der Waals surface area (Å²) in [5.41, 5.74) is 4.14. The molecule has 4 rings (SSSR count). The van der Waals surface area contributed by atoms with Gasteiger partial charge in [0, 0.05) is 28.3 Å². The number of hydrogen-bond donors (Lipinski definition) is 1. The van der Waals surface area contributed by atoms with Crippen molar-refractivity contribution in [3.05, 3.63) is 74.4 Å². The molecule has 1 heterocycles. The van der Waals surface area contributed by atoms with Crippen molar-refractivity contribution in [1.82, 2.24) is 5.32 Å². The van der Waals surface area contributed by atoms with Crippen LogP contribution in [0.3, 0.4) is 0 Å². The van der Waals surface area contributed by atoms with Gasteiger partial charge in [0.1, 0.15) is 6.07 Å². The predicted molar refractivity (Wildman–Crippen MR) is 125 cm³/mol. The monoisotopic (exact) mass is 508 g/mol. The summed E-state index contributed by atoms with van der Waals surface area (Å²) in [5, 5.41) is 12.2. The molecule has 0 saturated heterocycles. The van der Waals surface area contributed by atoms with E-state index >= 15 is 0 Å². The van der Waals surface area contributed by atoms with Crippen molar-refractivity contribution in [3.8, 4) is 17.6 Å². The first-order valence-corrected chi connectivity index (χ1v) is 11.1. The topological polar surface area (TPSA) is 97.7 Å². The molecule has 0 saturated carbocycles. The molecular formula is C25H21BrN2O5. The molecule has 33 heavy (non-hydrogen) atoms. The number of benzene rings is 2. The number of nitriles is 1. The molecular weight excluding hydrogens is 488 g/mol. The SMILES string of the molecule is CCOc1cc([C@@H]2C(C(=O)OC)=C(C)NC3=C2C(=O)c2ccccc23)cc(Br)c1OCC#N. The van der Waals surface area contributed by atoms with Crippen LogP contribution in [0.5, 0.6) is 11.5 Å². The van der Waals surface area contributed by atoms with Gasteiger partial charge in [0.15, 0.2) is 23.9 Å². The van der Waals surface area contributed by atoms with Crippen molar-refractivity contribution in [1.29, 1.82) is 5.26 Å². The van der Waals surface area contributed by atoms with Crippen LogP contribution in [0.2, 0.25) is 0 Å². The molecule has 0 amide bonds. The fourth-order valence-corrected chi connectivity index (χ4v) is 4.88. The van der Waals surface area contributed by atoms with E-state index in [-0.39, 0.29) is 12.4 Å². The molecule has 1 atom stereocenters. The van der Waals surface area contributed by atoms with Crippen LogP contribution in [-0.2, 0) is 9.53 Å². The number of nitrogens with zero attached hydrogens (tertiary/aromatic N) is 1. The van der Waals surface area contributed by atoms with Gasteiger partial charge in [-0.1, -0.05) is 24.3 Å². The summed E-state index contributed by atoms with van der Waals surface area (Å²) in [6.45, 7) is 3.83. The van der Waals surface area contributed by atoms with E-state index in [0.29, 0.717) is 56.2 Å². The molecule has 1 N–H and O–H groups in total. The van der Waals surface area contributed by atoms with Crippen molar-refractivity contribution in [2.75, 3.05) is 20.3 Å². The zero-order valence-corrected chi connectivity index (χ0v) is 19.9. The maximum Gasteiger partial charge on any atom is 0.336 e. The maximum absolute atomic E-state index is 13.5. The zero-order valence-electron chi connectivity index (χ0n) is 18.3. The lowest BCUT2D eigenvalue weighted by Crippen LogP contribution is -2.29. The molecule has 2 aromatic rings. The van der Waals surface area contributed by atoms with E-state index in [4.69, 9.17) is 19.5 Å². The van der Waals surface area contributed by atoms with E-state index in [0.717, 1.165) is 5.56 Å². The van der Waals surface area contributed by atoms with Gasteiger partial charge in [-0.25, -0.2) is 4.79 Å². The molecule has 0 aromatic heterocycles. The van der Waals surface area contributed by atoms with Crippen molar-refractivity contribution in [2.24, 2.45) is 0 Å². The molecule has 2 aromatic carbocycles. The molecule has 0 unspecified atom stereocenters. The lowest BCUT2D eigenvalue weighted by atomic mass is 9.79. The van der Waals surface area contributed by atoms with Crippen LogP contribution in [0.15, 0.2) is 57.7 Å². The second kappa shape index (κ2) is 9.12. The molecule has 0 radical (unpaired) electrons. The Balaban J connectivity index is 1.94. The minimum atomic E-state index is -0.686. The third-order valence-corrected chi connectivity index (χ3v) is 6.19. The van der Waals surface area contributed by atoms with Crippen LogP contribution in [0, 0.1) is 11.3 Å². The number of nitrogens with one attached hydrogen (secondary N) is 1. The molecule has 2 aliphatic rings. The highest BCUT2D eigenvalue weighted by Crippen LogP contribution is 2.49. The number of ketones is 1. The number of ether oxygens (including phenoxy) is 3. The summed E-state index contributed by atoms with van der Waals surface area (Å²) in [7, 11) is 1.31. The first-order chi connectivity index (χ1) is 15.9. The number of fused-ring (bicyclic) bond motifs is 2. The number of rotatable bonds is 6. The first kappa shape index (κ1) is 22.6. The highest BCUT2D eigenvalue weighted by molar-refractivity contribution is 9.10. The van der Waals surface area contributed by atoms with Gasteiger partial charge in [-0.2, -0.15) is 5.26 Å². The fraction of sp³-hybridized carbons (Fsp3) is 0.240. The number of allylic oxidation sites excluding steroid dienone is 2. The summed E-state index contributed by atoms with van der Waals surface area (Å²) < 4.78 is 17.0. The Morgan fingerprint density at radius 2 is 1.94 bits per heavy atom. The lowest BCUT2D eigenvalue weighted by molar-refractivity contribution is -0.136. The Kier molecular flexibility index (Phi) is 6.25. The second-order valence-corrected chi connectivity index (χ2v) is 8.32. The molecule has 1 aliphatic heterocycles. The van der Waals surface area contributed by atoms with Crippen LogP contribution in [-0.4, -0.2) is 32.1 Å². The number of esters is 1.